The van der Waals surface area contributed by atoms with Gasteiger partial charge in [0, 0.05) is 16.8 Å². The third-order valence-corrected chi connectivity index (χ3v) is 5.63. The molecule has 2 rings (SSSR count). The molecule has 1 aromatic carbocycles. The van der Waals surface area contributed by atoms with Crippen molar-refractivity contribution in [3.05, 3.63) is 28.5 Å². The Balaban J connectivity index is 2.21. The summed E-state index contributed by atoms with van der Waals surface area (Å²) in [5, 5.41) is 2.76. The maximum absolute atomic E-state index is 13.2. The predicted molar refractivity (Wildman–Crippen MR) is 74.0 cm³/mol. The maximum atomic E-state index is 13.2. The zero-order valence-electron chi connectivity index (χ0n) is 9.99. The Hall–Kier alpha value is -0.620. The highest BCUT2D eigenvalue weighted by Gasteiger charge is 2.34. The molecule has 0 saturated heterocycles. The molecule has 6 heteroatoms. The normalized spacial score (nSPS) is 24.2. The molecule has 0 bridgehead atoms. The number of sulfone groups is 1. The zero-order chi connectivity index (χ0) is 13.3. The summed E-state index contributed by atoms with van der Waals surface area (Å²) >= 11 is 3.33. The van der Waals surface area contributed by atoms with E-state index in [0.717, 1.165) is 17.3 Å². The topological polar surface area (TPSA) is 46.2 Å². The Morgan fingerprint density at radius 1 is 1.39 bits per heavy atom. The quantitative estimate of drug-likeness (QED) is 0.923. The van der Waals surface area contributed by atoms with Crippen LogP contribution in [0.3, 0.4) is 0 Å². The number of anilines is 1. The molecule has 0 aromatic heterocycles. The summed E-state index contributed by atoms with van der Waals surface area (Å²) in [5.41, 5.74) is 0.607. The highest BCUT2D eigenvalue weighted by Crippen LogP contribution is 2.31. The van der Waals surface area contributed by atoms with Crippen molar-refractivity contribution >= 4 is 31.5 Å². The number of nitrogens with one attached hydrogen (secondary N) is 1. The van der Waals surface area contributed by atoms with E-state index in [1.54, 1.807) is 6.07 Å². The molecule has 18 heavy (non-hydrogen) atoms. The van der Waals surface area contributed by atoms with Crippen LogP contribution in [0.15, 0.2) is 22.7 Å². The molecule has 0 radical (unpaired) electrons. The molecular formula is C12H15BrFNO2S. The lowest BCUT2D eigenvalue weighted by Crippen LogP contribution is -2.34. The summed E-state index contributed by atoms with van der Waals surface area (Å²) in [5.74, 6) is -0.338. The van der Waals surface area contributed by atoms with Gasteiger partial charge in [0.25, 0.3) is 0 Å². The molecule has 1 saturated carbocycles. The summed E-state index contributed by atoms with van der Waals surface area (Å²) in [7, 11) is -3.07. The molecule has 2 unspecified atom stereocenters. The van der Waals surface area contributed by atoms with E-state index in [1.807, 2.05) is 0 Å². The van der Waals surface area contributed by atoms with Crippen molar-refractivity contribution in [3.8, 4) is 0 Å². The lowest BCUT2D eigenvalue weighted by Gasteiger charge is -2.21. The summed E-state index contributed by atoms with van der Waals surface area (Å²) < 4.78 is 37.2. The fourth-order valence-electron chi connectivity index (χ4n) is 2.41. The van der Waals surface area contributed by atoms with Crippen molar-refractivity contribution in [2.75, 3.05) is 11.6 Å². The second-order valence-corrected chi connectivity index (χ2v) is 7.79. The van der Waals surface area contributed by atoms with Crippen LogP contribution in [0.4, 0.5) is 10.1 Å². The van der Waals surface area contributed by atoms with E-state index in [9.17, 15) is 12.8 Å². The average molecular weight is 336 g/mol. The highest BCUT2D eigenvalue weighted by molar-refractivity contribution is 9.10. The van der Waals surface area contributed by atoms with Crippen LogP contribution in [0.1, 0.15) is 19.3 Å². The fourth-order valence-corrected chi connectivity index (χ4v) is 4.17. The van der Waals surface area contributed by atoms with Crippen LogP contribution >= 0.6 is 15.9 Å². The summed E-state index contributed by atoms with van der Waals surface area (Å²) in [4.78, 5) is 0. The van der Waals surface area contributed by atoms with Crippen LogP contribution in [-0.2, 0) is 9.84 Å². The van der Waals surface area contributed by atoms with Crippen molar-refractivity contribution in [2.24, 2.45) is 0 Å². The SMILES string of the molecule is CS(=O)(=O)C1CCCC1Nc1cc(F)ccc1Br. The molecule has 0 spiro atoms. The van der Waals surface area contributed by atoms with E-state index in [2.05, 4.69) is 21.2 Å². The van der Waals surface area contributed by atoms with Crippen LogP contribution in [0.2, 0.25) is 0 Å². The van der Waals surface area contributed by atoms with Gasteiger partial charge in [-0.05, 0) is 53.4 Å². The van der Waals surface area contributed by atoms with Gasteiger partial charge < -0.3 is 5.32 Å². The van der Waals surface area contributed by atoms with Crippen LogP contribution in [0.25, 0.3) is 0 Å². The van der Waals surface area contributed by atoms with Crippen molar-refractivity contribution in [3.63, 3.8) is 0 Å². The Morgan fingerprint density at radius 2 is 2.11 bits per heavy atom. The van der Waals surface area contributed by atoms with Gasteiger partial charge in [0.15, 0.2) is 9.84 Å². The third kappa shape index (κ3) is 3.03. The first-order valence-electron chi connectivity index (χ1n) is 5.78. The fraction of sp³-hybridized carbons (Fsp3) is 0.500. The van der Waals surface area contributed by atoms with E-state index >= 15 is 0 Å². The lowest BCUT2D eigenvalue weighted by atomic mass is 10.2. The number of halogens is 2. The molecule has 2 atom stereocenters. The number of hydrogen-bond acceptors (Lipinski definition) is 3. The predicted octanol–water partition coefficient (Wildman–Crippen LogP) is 2.97. The van der Waals surface area contributed by atoms with Crippen LogP contribution in [0, 0.1) is 5.82 Å². The first-order chi connectivity index (χ1) is 8.38. The number of benzene rings is 1. The van der Waals surface area contributed by atoms with Gasteiger partial charge in [-0.25, -0.2) is 12.8 Å². The van der Waals surface area contributed by atoms with Crippen LogP contribution in [-0.4, -0.2) is 26.0 Å². The van der Waals surface area contributed by atoms with Gasteiger partial charge in [-0.1, -0.05) is 0 Å². The molecule has 3 nitrogen and oxygen atoms in total. The van der Waals surface area contributed by atoms with Gasteiger partial charge in [-0.15, -0.1) is 0 Å². The van der Waals surface area contributed by atoms with Gasteiger partial charge in [-0.3, -0.25) is 0 Å². The van der Waals surface area contributed by atoms with E-state index in [1.165, 1.54) is 18.4 Å². The monoisotopic (exact) mass is 335 g/mol. The summed E-state index contributed by atoms with van der Waals surface area (Å²) in [6, 6.07) is 4.21. The minimum atomic E-state index is -3.07. The summed E-state index contributed by atoms with van der Waals surface area (Å²) in [6.45, 7) is 0. The molecule has 1 aliphatic carbocycles. The van der Waals surface area contributed by atoms with Gasteiger partial charge in [-0.2, -0.15) is 0 Å². The molecular weight excluding hydrogens is 321 g/mol. The minimum absolute atomic E-state index is 0.141. The molecule has 1 N–H and O–H groups in total. The first-order valence-corrected chi connectivity index (χ1v) is 8.53. The number of rotatable bonds is 3. The van der Waals surface area contributed by atoms with E-state index < -0.39 is 9.84 Å². The second-order valence-electron chi connectivity index (χ2n) is 4.67. The molecule has 1 aromatic rings. The molecule has 1 aliphatic rings. The van der Waals surface area contributed by atoms with Crippen molar-refractivity contribution in [2.45, 2.75) is 30.6 Å². The molecule has 0 heterocycles. The summed E-state index contributed by atoms with van der Waals surface area (Å²) in [6.07, 6.45) is 3.60. The maximum Gasteiger partial charge on any atom is 0.152 e. The third-order valence-electron chi connectivity index (χ3n) is 3.27. The Bertz CT molecular complexity index is 547. The smallest absolute Gasteiger partial charge is 0.152 e. The second kappa shape index (κ2) is 5.17. The van der Waals surface area contributed by atoms with Crippen molar-refractivity contribution in [1.29, 1.82) is 0 Å². The van der Waals surface area contributed by atoms with E-state index in [4.69, 9.17) is 0 Å². The minimum Gasteiger partial charge on any atom is -0.380 e. The average Bonchev–Trinajstić information content (AvgIpc) is 2.71. The molecule has 0 amide bonds. The molecule has 1 fully saturated rings. The van der Waals surface area contributed by atoms with Crippen LogP contribution in [0.5, 0.6) is 0 Å². The molecule has 0 aliphatic heterocycles. The largest absolute Gasteiger partial charge is 0.380 e. The first kappa shape index (κ1) is 13.8. The van der Waals surface area contributed by atoms with Gasteiger partial charge >= 0.3 is 0 Å². The van der Waals surface area contributed by atoms with Gasteiger partial charge in [0.1, 0.15) is 5.82 Å². The Labute approximate surface area is 115 Å². The standard InChI is InChI=1S/C12H15BrFNO2S/c1-18(16,17)12-4-2-3-10(12)15-11-7-8(14)5-6-9(11)13/h5-7,10,12,15H,2-4H2,1H3. The Kier molecular flexibility index (Phi) is 3.96. The van der Waals surface area contributed by atoms with E-state index in [0.29, 0.717) is 12.1 Å². The van der Waals surface area contributed by atoms with Crippen LogP contribution < -0.4 is 5.32 Å². The van der Waals surface area contributed by atoms with Crippen molar-refractivity contribution in [1.82, 2.24) is 0 Å². The van der Waals surface area contributed by atoms with Gasteiger partial charge in [0.05, 0.1) is 10.9 Å². The van der Waals surface area contributed by atoms with Gasteiger partial charge in [0.2, 0.25) is 0 Å². The zero-order valence-corrected chi connectivity index (χ0v) is 12.4. The highest BCUT2D eigenvalue weighted by atomic mass is 79.9. The lowest BCUT2D eigenvalue weighted by molar-refractivity contribution is 0.579. The van der Waals surface area contributed by atoms with Crippen molar-refractivity contribution < 1.29 is 12.8 Å². The number of hydrogen-bond donors (Lipinski definition) is 1. The Morgan fingerprint density at radius 3 is 2.78 bits per heavy atom. The molecule has 100 valence electrons. The van der Waals surface area contributed by atoms with E-state index in [-0.39, 0.29) is 17.1 Å².